The van der Waals surface area contributed by atoms with Crippen molar-refractivity contribution in [2.24, 2.45) is 5.92 Å². The van der Waals surface area contributed by atoms with Gasteiger partial charge in [0.15, 0.2) is 0 Å². The van der Waals surface area contributed by atoms with Crippen molar-refractivity contribution >= 4 is 17.4 Å². The number of Topliss-reactive ketones (excluding diaryl/α,β-unsaturated/α-hetero) is 1. The zero-order valence-corrected chi connectivity index (χ0v) is 10.7. The maximum atomic E-state index is 11.8. The van der Waals surface area contributed by atoms with Crippen LogP contribution >= 0.6 is 11.6 Å². The summed E-state index contributed by atoms with van der Waals surface area (Å²) in [7, 11) is 0. The van der Waals surface area contributed by atoms with Crippen molar-refractivity contribution in [3.8, 4) is 0 Å². The quantitative estimate of drug-likeness (QED) is 0.586. The lowest BCUT2D eigenvalue weighted by molar-refractivity contribution is -0.123. The van der Waals surface area contributed by atoms with Gasteiger partial charge < -0.3 is 0 Å². The van der Waals surface area contributed by atoms with Gasteiger partial charge in [0.1, 0.15) is 5.78 Å². The monoisotopic (exact) mass is 218 g/mol. The zero-order chi connectivity index (χ0) is 11.2. The Morgan fingerprint density at radius 1 is 1.36 bits per heavy atom. The summed E-state index contributed by atoms with van der Waals surface area (Å²) in [6.07, 6.45) is 4.78. The summed E-state index contributed by atoms with van der Waals surface area (Å²) in [6, 6.07) is 0. The van der Waals surface area contributed by atoms with E-state index >= 15 is 0 Å². The van der Waals surface area contributed by atoms with E-state index in [1.807, 2.05) is 13.8 Å². The normalized spacial score (nSPS) is 14.1. The van der Waals surface area contributed by atoms with E-state index in [4.69, 9.17) is 11.6 Å². The number of halogens is 1. The molecule has 0 aromatic rings. The number of alkyl halides is 1. The van der Waals surface area contributed by atoms with Crippen LogP contribution in [0.2, 0.25) is 0 Å². The van der Waals surface area contributed by atoms with Gasteiger partial charge in [0.05, 0.1) is 0 Å². The largest absolute Gasteiger partial charge is 0.299 e. The Morgan fingerprint density at radius 2 is 1.93 bits per heavy atom. The molecule has 0 heterocycles. The molecule has 0 aromatic carbocycles. The molecule has 1 nitrogen and oxygen atoms in total. The van der Waals surface area contributed by atoms with Crippen LogP contribution in [-0.4, -0.2) is 10.7 Å². The van der Waals surface area contributed by atoms with E-state index in [0.717, 1.165) is 25.7 Å². The molecule has 0 aromatic heterocycles. The number of hydrogen-bond donors (Lipinski definition) is 0. The van der Waals surface area contributed by atoms with Crippen molar-refractivity contribution in [1.82, 2.24) is 0 Å². The average Bonchev–Trinajstić information content (AvgIpc) is 2.02. The van der Waals surface area contributed by atoms with Crippen LogP contribution in [0.1, 0.15) is 59.8 Å². The molecule has 0 radical (unpaired) electrons. The molecule has 0 aliphatic carbocycles. The third-order valence-corrected chi connectivity index (χ3v) is 2.58. The predicted molar refractivity (Wildman–Crippen MR) is 62.9 cm³/mol. The maximum absolute atomic E-state index is 11.8. The van der Waals surface area contributed by atoms with Gasteiger partial charge in [0.25, 0.3) is 0 Å². The first-order valence-electron chi connectivity index (χ1n) is 5.62. The van der Waals surface area contributed by atoms with Gasteiger partial charge in [-0.05, 0) is 26.7 Å². The molecule has 0 saturated heterocycles. The molecular formula is C12H23ClO. The predicted octanol–water partition coefficient (Wildman–Crippen LogP) is 4.18. The van der Waals surface area contributed by atoms with Crippen molar-refractivity contribution < 1.29 is 4.79 Å². The van der Waals surface area contributed by atoms with Crippen molar-refractivity contribution in [2.45, 2.75) is 64.7 Å². The minimum atomic E-state index is -0.378. The molecule has 1 atom stereocenters. The summed E-state index contributed by atoms with van der Waals surface area (Å²) in [6.45, 7) is 8.04. The molecule has 14 heavy (non-hydrogen) atoms. The molecule has 0 aliphatic rings. The average molecular weight is 219 g/mol. The Balaban J connectivity index is 4.04. The fourth-order valence-corrected chi connectivity index (χ4v) is 1.73. The topological polar surface area (TPSA) is 17.1 Å². The Labute approximate surface area is 93.2 Å². The second-order valence-corrected chi connectivity index (χ2v) is 5.63. The van der Waals surface area contributed by atoms with Crippen LogP contribution in [0.5, 0.6) is 0 Å². The Bertz CT molecular complexity index is 170. The first-order chi connectivity index (χ1) is 6.40. The highest BCUT2D eigenvalue weighted by atomic mass is 35.5. The van der Waals surface area contributed by atoms with Crippen LogP contribution in [0.15, 0.2) is 0 Å². The van der Waals surface area contributed by atoms with Crippen molar-refractivity contribution in [2.75, 3.05) is 0 Å². The van der Waals surface area contributed by atoms with E-state index in [9.17, 15) is 4.79 Å². The SMILES string of the molecule is CCCCC(CC)C(=O)CC(C)(C)Cl. The molecule has 84 valence electrons. The van der Waals surface area contributed by atoms with Crippen LogP contribution in [0.25, 0.3) is 0 Å². The van der Waals surface area contributed by atoms with E-state index in [0.29, 0.717) is 12.2 Å². The number of hydrogen-bond acceptors (Lipinski definition) is 1. The van der Waals surface area contributed by atoms with E-state index in [-0.39, 0.29) is 10.8 Å². The highest BCUT2D eigenvalue weighted by Gasteiger charge is 2.23. The Hall–Kier alpha value is -0.0400. The summed E-state index contributed by atoms with van der Waals surface area (Å²) in [5.41, 5.74) is 0. The van der Waals surface area contributed by atoms with Gasteiger partial charge in [0, 0.05) is 17.2 Å². The molecule has 2 heteroatoms. The lowest BCUT2D eigenvalue weighted by Crippen LogP contribution is -2.23. The highest BCUT2D eigenvalue weighted by Crippen LogP contribution is 2.23. The Kier molecular flexibility index (Phi) is 6.43. The van der Waals surface area contributed by atoms with Crippen molar-refractivity contribution in [3.63, 3.8) is 0 Å². The van der Waals surface area contributed by atoms with Crippen LogP contribution < -0.4 is 0 Å². The molecule has 0 aliphatic heterocycles. The fourth-order valence-electron chi connectivity index (χ4n) is 1.60. The van der Waals surface area contributed by atoms with Gasteiger partial charge in [-0.3, -0.25) is 4.79 Å². The molecule has 0 bridgehead atoms. The maximum Gasteiger partial charge on any atom is 0.137 e. The second-order valence-electron chi connectivity index (χ2n) is 4.61. The minimum Gasteiger partial charge on any atom is -0.299 e. The van der Waals surface area contributed by atoms with E-state index in [1.165, 1.54) is 0 Å². The molecule has 1 unspecified atom stereocenters. The first-order valence-corrected chi connectivity index (χ1v) is 6.00. The molecule has 0 fully saturated rings. The van der Waals surface area contributed by atoms with Crippen molar-refractivity contribution in [1.29, 1.82) is 0 Å². The number of rotatable bonds is 7. The Morgan fingerprint density at radius 3 is 2.29 bits per heavy atom. The fraction of sp³-hybridized carbons (Fsp3) is 0.917. The number of carbonyl (C=O) groups excluding carboxylic acids is 1. The summed E-state index contributed by atoms with van der Waals surface area (Å²) in [5.74, 6) is 0.564. The van der Waals surface area contributed by atoms with Gasteiger partial charge in [0.2, 0.25) is 0 Å². The van der Waals surface area contributed by atoms with Crippen LogP contribution in [0, 0.1) is 5.92 Å². The van der Waals surface area contributed by atoms with Gasteiger partial charge in [-0.2, -0.15) is 0 Å². The third-order valence-electron chi connectivity index (χ3n) is 2.45. The van der Waals surface area contributed by atoms with E-state index in [2.05, 4.69) is 13.8 Å². The van der Waals surface area contributed by atoms with Crippen LogP contribution in [0.3, 0.4) is 0 Å². The lowest BCUT2D eigenvalue weighted by Gasteiger charge is -2.19. The molecule has 0 N–H and O–H groups in total. The van der Waals surface area contributed by atoms with Crippen LogP contribution in [-0.2, 0) is 4.79 Å². The second kappa shape index (κ2) is 6.44. The number of ketones is 1. The molecule has 0 saturated carbocycles. The highest BCUT2D eigenvalue weighted by molar-refractivity contribution is 6.24. The minimum absolute atomic E-state index is 0.230. The number of unbranched alkanes of at least 4 members (excludes halogenated alkanes) is 1. The summed E-state index contributed by atoms with van der Waals surface area (Å²) >= 11 is 6.04. The first kappa shape index (κ1) is 14.0. The summed E-state index contributed by atoms with van der Waals surface area (Å²) in [5, 5.41) is 0. The zero-order valence-electron chi connectivity index (χ0n) is 9.90. The van der Waals surface area contributed by atoms with Gasteiger partial charge in [-0.15, -0.1) is 11.6 Å². The molecule has 0 spiro atoms. The van der Waals surface area contributed by atoms with Gasteiger partial charge >= 0.3 is 0 Å². The third kappa shape index (κ3) is 6.42. The van der Waals surface area contributed by atoms with Crippen LogP contribution in [0.4, 0.5) is 0 Å². The molecule has 0 amide bonds. The van der Waals surface area contributed by atoms with E-state index in [1.54, 1.807) is 0 Å². The summed E-state index contributed by atoms with van der Waals surface area (Å²) < 4.78 is 0. The summed E-state index contributed by atoms with van der Waals surface area (Å²) in [4.78, 5) is 11.4. The van der Waals surface area contributed by atoms with E-state index < -0.39 is 0 Å². The van der Waals surface area contributed by atoms with Gasteiger partial charge in [-0.25, -0.2) is 0 Å². The van der Waals surface area contributed by atoms with Gasteiger partial charge in [-0.1, -0.05) is 26.7 Å². The molecular weight excluding hydrogens is 196 g/mol. The number of carbonyl (C=O) groups is 1. The van der Waals surface area contributed by atoms with Crippen molar-refractivity contribution in [3.05, 3.63) is 0 Å². The smallest absolute Gasteiger partial charge is 0.137 e. The molecule has 0 rings (SSSR count). The standard InChI is InChI=1S/C12H23ClO/c1-5-7-8-10(6-2)11(14)9-12(3,4)13/h10H,5-9H2,1-4H3. The lowest BCUT2D eigenvalue weighted by atomic mass is 9.90.